The van der Waals surface area contributed by atoms with E-state index in [-0.39, 0.29) is 5.78 Å². The lowest BCUT2D eigenvalue weighted by atomic mass is 9.99. The molecule has 0 saturated heterocycles. The van der Waals surface area contributed by atoms with Crippen LogP contribution >= 0.6 is 0 Å². The number of para-hydroxylation sites is 1. The number of hydrogen-bond acceptors (Lipinski definition) is 3. The molecule has 2 aromatic carbocycles. The van der Waals surface area contributed by atoms with Gasteiger partial charge in [0.15, 0.2) is 5.78 Å². The van der Waals surface area contributed by atoms with Gasteiger partial charge in [0, 0.05) is 28.3 Å². The first kappa shape index (κ1) is 12.2. The molecule has 0 saturated carbocycles. The molecular weight excluding hydrogens is 250 g/mol. The van der Waals surface area contributed by atoms with Gasteiger partial charge < -0.3 is 0 Å². The molecule has 0 aliphatic carbocycles. The Labute approximate surface area is 115 Å². The maximum atomic E-state index is 12.6. The Hall–Kier alpha value is -2.81. The molecule has 0 aliphatic heterocycles. The second-order valence-electron chi connectivity index (χ2n) is 4.45. The molecule has 3 rings (SSSR count). The van der Waals surface area contributed by atoms with E-state index in [1.54, 1.807) is 36.5 Å². The van der Waals surface area contributed by atoms with Crippen molar-refractivity contribution in [1.29, 1.82) is 0 Å². The molecule has 1 heterocycles. The van der Waals surface area contributed by atoms with E-state index in [2.05, 4.69) is 4.98 Å². The number of benzene rings is 2. The molecule has 0 amide bonds. The van der Waals surface area contributed by atoms with E-state index >= 15 is 0 Å². The SMILES string of the molecule is O=Cc1cccc(C(=O)c2cccc3cccnc23)c1. The molecule has 3 aromatic rings. The number of hydrogen-bond donors (Lipinski definition) is 0. The molecule has 0 spiro atoms. The van der Waals surface area contributed by atoms with Crippen LogP contribution in [0.5, 0.6) is 0 Å². The van der Waals surface area contributed by atoms with Crippen LogP contribution in [0, 0.1) is 0 Å². The summed E-state index contributed by atoms with van der Waals surface area (Å²) in [6.07, 6.45) is 2.40. The summed E-state index contributed by atoms with van der Waals surface area (Å²) >= 11 is 0. The van der Waals surface area contributed by atoms with Crippen LogP contribution in [-0.2, 0) is 0 Å². The highest BCUT2D eigenvalue weighted by Gasteiger charge is 2.13. The number of pyridine rings is 1. The number of carbonyl (C=O) groups is 2. The number of aldehydes is 1. The van der Waals surface area contributed by atoms with Crippen molar-refractivity contribution in [3.63, 3.8) is 0 Å². The molecule has 0 unspecified atom stereocenters. The lowest BCUT2D eigenvalue weighted by Gasteiger charge is -2.05. The third-order valence-electron chi connectivity index (χ3n) is 3.16. The van der Waals surface area contributed by atoms with Gasteiger partial charge in [0.25, 0.3) is 0 Å². The van der Waals surface area contributed by atoms with Gasteiger partial charge in [-0.3, -0.25) is 14.6 Å². The molecule has 3 nitrogen and oxygen atoms in total. The Morgan fingerprint density at radius 3 is 2.65 bits per heavy atom. The van der Waals surface area contributed by atoms with Gasteiger partial charge in [0.2, 0.25) is 0 Å². The van der Waals surface area contributed by atoms with E-state index in [1.165, 1.54) is 0 Å². The number of ketones is 1. The fourth-order valence-corrected chi connectivity index (χ4v) is 2.20. The minimum atomic E-state index is -0.127. The lowest BCUT2D eigenvalue weighted by molar-refractivity contribution is 0.104. The van der Waals surface area contributed by atoms with Crippen LogP contribution in [0.2, 0.25) is 0 Å². The molecule has 3 heteroatoms. The molecule has 0 fully saturated rings. The Morgan fingerprint density at radius 2 is 1.80 bits per heavy atom. The molecule has 0 aliphatic rings. The van der Waals surface area contributed by atoms with Gasteiger partial charge in [-0.1, -0.05) is 36.4 Å². The van der Waals surface area contributed by atoms with E-state index in [4.69, 9.17) is 0 Å². The minimum Gasteiger partial charge on any atom is -0.298 e. The van der Waals surface area contributed by atoms with Crippen molar-refractivity contribution in [3.05, 3.63) is 77.5 Å². The summed E-state index contributed by atoms with van der Waals surface area (Å²) in [7, 11) is 0. The van der Waals surface area contributed by atoms with Gasteiger partial charge in [0.05, 0.1) is 5.52 Å². The van der Waals surface area contributed by atoms with Crippen molar-refractivity contribution in [2.75, 3.05) is 0 Å². The normalized spacial score (nSPS) is 10.4. The van der Waals surface area contributed by atoms with E-state index in [0.717, 1.165) is 11.7 Å². The summed E-state index contributed by atoms with van der Waals surface area (Å²) in [5.41, 5.74) is 2.21. The first-order valence-electron chi connectivity index (χ1n) is 6.23. The zero-order valence-corrected chi connectivity index (χ0v) is 10.6. The van der Waals surface area contributed by atoms with Gasteiger partial charge in [0.1, 0.15) is 6.29 Å². The molecule has 0 N–H and O–H groups in total. The number of carbonyl (C=O) groups excluding carboxylic acids is 2. The maximum absolute atomic E-state index is 12.6. The summed E-state index contributed by atoms with van der Waals surface area (Å²) in [5.74, 6) is -0.127. The van der Waals surface area contributed by atoms with Gasteiger partial charge in [-0.05, 0) is 18.2 Å². The van der Waals surface area contributed by atoms with E-state index < -0.39 is 0 Å². The second-order valence-corrected chi connectivity index (χ2v) is 4.45. The molecule has 96 valence electrons. The van der Waals surface area contributed by atoms with Crippen molar-refractivity contribution < 1.29 is 9.59 Å². The van der Waals surface area contributed by atoms with Crippen LogP contribution in [0.4, 0.5) is 0 Å². The fraction of sp³-hybridized carbons (Fsp3) is 0. The van der Waals surface area contributed by atoms with Crippen molar-refractivity contribution in [2.24, 2.45) is 0 Å². The zero-order valence-electron chi connectivity index (χ0n) is 10.6. The summed E-state index contributed by atoms with van der Waals surface area (Å²) < 4.78 is 0. The maximum Gasteiger partial charge on any atom is 0.195 e. The summed E-state index contributed by atoms with van der Waals surface area (Å²) in [4.78, 5) is 27.7. The Balaban J connectivity index is 2.15. The van der Waals surface area contributed by atoms with E-state index in [0.29, 0.717) is 22.2 Å². The molecular formula is C17H11NO2. The van der Waals surface area contributed by atoms with Crippen LogP contribution in [0.1, 0.15) is 26.3 Å². The number of fused-ring (bicyclic) bond motifs is 1. The molecule has 20 heavy (non-hydrogen) atoms. The van der Waals surface area contributed by atoms with Gasteiger partial charge >= 0.3 is 0 Å². The van der Waals surface area contributed by atoms with Crippen molar-refractivity contribution in [2.45, 2.75) is 0 Å². The lowest BCUT2D eigenvalue weighted by Crippen LogP contribution is -2.03. The predicted molar refractivity (Wildman–Crippen MR) is 77.0 cm³/mol. The topological polar surface area (TPSA) is 47.0 Å². The predicted octanol–water partition coefficient (Wildman–Crippen LogP) is 3.28. The van der Waals surface area contributed by atoms with Crippen LogP contribution in [-0.4, -0.2) is 17.1 Å². The molecule has 0 bridgehead atoms. The first-order chi connectivity index (χ1) is 9.79. The molecule has 1 aromatic heterocycles. The quantitative estimate of drug-likeness (QED) is 0.537. The van der Waals surface area contributed by atoms with Crippen LogP contribution in [0.25, 0.3) is 10.9 Å². The van der Waals surface area contributed by atoms with E-state index in [9.17, 15) is 9.59 Å². The number of nitrogens with zero attached hydrogens (tertiary/aromatic N) is 1. The highest BCUT2D eigenvalue weighted by Crippen LogP contribution is 2.19. The number of rotatable bonds is 3. The second kappa shape index (κ2) is 5.05. The summed E-state index contributed by atoms with van der Waals surface area (Å²) in [6, 6.07) is 15.9. The van der Waals surface area contributed by atoms with E-state index in [1.807, 2.05) is 24.3 Å². The summed E-state index contributed by atoms with van der Waals surface area (Å²) in [6.45, 7) is 0. The van der Waals surface area contributed by atoms with Crippen molar-refractivity contribution in [3.8, 4) is 0 Å². The highest BCUT2D eigenvalue weighted by molar-refractivity contribution is 6.15. The summed E-state index contributed by atoms with van der Waals surface area (Å²) in [5, 5.41) is 0.921. The minimum absolute atomic E-state index is 0.127. The third-order valence-corrected chi connectivity index (χ3v) is 3.16. The van der Waals surface area contributed by atoms with Crippen LogP contribution < -0.4 is 0 Å². The number of aromatic nitrogens is 1. The monoisotopic (exact) mass is 261 g/mol. The largest absolute Gasteiger partial charge is 0.298 e. The first-order valence-corrected chi connectivity index (χ1v) is 6.23. The average Bonchev–Trinajstić information content (AvgIpc) is 2.53. The van der Waals surface area contributed by atoms with Crippen molar-refractivity contribution >= 4 is 23.0 Å². The smallest absolute Gasteiger partial charge is 0.195 e. The highest BCUT2D eigenvalue weighted by atomic mass is 16.1. The van der Waals surface area contributed by atoms with Gasteiger partial charge in [-0.15, -0.1) is 0 Å². The van der Waals surface area contributed by atoms with Crippen LogP contribution in [0.3, 0.4) is 0 Å². The van der Waals surface area contributed by atoms with Crippen LogP contribution in [0.15, 0.2) is 60.8 Å². The Bertz CT molecular complexity index is 803. The van der Waals surface area contributed by atoms with Crippen molar-refractivity contribution in [1.82, 2.24) is 4.98 Å². The average molecular weight is 261 g/mol. The standard InChI is InChI=1S/C17H11NO2/c19-11-12-4-1-6-14(10-12)17(20)15-8-2-5-13-7-3-9-18-16(13)15/h1-11H. The van der Waals surface area contributed by atoms with Gasteiger partial charge in [-0.25, -0.2) is 0 Å². The Morgan fingerprint density at radius 1 is 1.00 bits per heavy atom. The molecule has 0 atom stereocenters. The fourth-order valence-electron chi connectivity index (χ4n) is 2.20. The molecule has 0 radical (unpaired) electrons. The van der Waals surface area contributed by atoms with Gasteiger partial charge in [-0.2, -0.15) is 0 Å². The zero-order chi connectivity index (χ0) is 13.9. The Kier molecular flexibility index (Phi) is 3.09. The third kappa shape index (κ3) is 2.10.